The van der Waals surface area contributed by atoms with E-state index in [-0.39, 0.29) is 11.9 Å². The lowest BCUT2D eigenvalue weighted by molar-refractivity contribution is -0.137. The van der Waals surface area contributed by atoms with Crippen LogP contribution in [-0.4, -0.2) is 9.55 Å². The van der Waals surface area contributed by atoms with E-state index in [1.807, 2.05) is 0 Å². The fourth-order valence-corrected chi connectivity index (χ4v) is 4.37. The van der Waals surface area contributed by atoms with Crippen LogP contribution >= 0.6 is 11.3 Å². The largest absolute Gasteiger partial charge is 0.416 e. The molecule has 0 amide bonds. The monoisotopic (exact) mass is 465 g/mol. The van der Waals surface area contributed by atoms with Gasteiger partial charge in [-0.2, -0.15) is 26.3 Å². The first-order valence-electron chi connectivity index (χ1n) is 9.18. The molecule has 0 aliphatic heterocycles. The molecular formula is C22H13F6N3S. The minimum atomic E-state index is -4.69. The zero-order valence-corrected chi connectivity index (χ0v) is 17.2. The Morgan fingerprint density at radius 3 is 2.44 bits per heavy atom. The van der Waals surface area contributed by atoms with Crippen LogP contribution in [0.1, 0.15) is 22.5 Å². The fourth-order valence-electron chi connectivity index (χ4n) is 3.56. The van der Waals surface area contributed by atoms with E-state index in [2.05, 4.69) is 9.83 Å². The molecule has 0 aliphatic carbocycles. The van der Waals surface area contributed by atoms with Crippen molar-refractivity contribution in [3.63, 3.8) is 0 Å². The maximum absolute atomic E-state index is 13.6. The Hall–Kier alpha value is -3.32. The number of thiazole rings is 1. The highest BCUT2D eigenvalue weighted by Gasteiger charge is 2.36. The standard InChI is InChI=1S/C22H13F6N3S/c1-12-8-16-18(7-6-17(29-2)19(16)22(26,27)28)31(12)10-15-11-32-20(30-15)13-4-3-5-14(9-13)21(23,24)25/h3-9,11H,10H2,1H3. The minimum Gasteiger partial charge on any atom is -0.339 e. The number of aryl methyl sites for hydroxylation is 1. The third-order valence-corrected chi connectivity index (χ3v) is 5.92. The molecule has 0 aliphatic rings. The molecule has 4 rings (SSSR count). The molecule has 0 bridgehead atoms. The lowest BCUT2D eigenvalue weighted by Gasteiger charge is -2.12. The van der Waals surface area contributed by atoms with Crippen LogP contribution in [0.25, 0.3) is 26.3 Å². The number of benzene rings is 2. The zero-order valence-electron chi connectivity index (χ0n) is 16.3. The molecule has 2 aromatic heterocycles. The number of hydrogen-bond acceptors (Lipinski definition) is 2. The number of hydrogen-bond donors (Lipinski definition) is 0. The van der Waals surface area contributed by atoms with Gasteiger partial charge in [0.15, 0.2) is 5.69 Å². The van der Waals surface area contributed by atoms with Gasteiger partial charge in [0.1, 0.15) is 5.01 Å². The van der Waals surface area contributed by atoms with E-state index in [4.69, 9.17) is 6.57 Å². The Bertz CT molecular complexity index is 1350. The van der Waals surface area contributed by atoms with E-state index in [1.165, 1.54) is 24.3 Å². The summed E-state index contributed by atoms with van der Waals surface area (Å²) in [6.45, 7) is 8.85. The van der Waals surface area contributed by atoms with Gasteiger partial charge in [0, 0.05) is 27.5 Å². The van der Waals surface area contributed by atoms with Gasteiger partial charge in [-0.15, -0.1) is 11.3 Å². The highest BCUT2D eigenvalue weighted by molar-refractivity contribution is 7.13. The van der Waals surface area contributed by atoms with Crippen LogP contribution in [0.5, 0.6) is 0 Å². The number of alkyl halides is 6. The van der Waals surface area contributed by atoms with Crippen LogP contribution < -0.4 is 0 Å². The predicted octanol–water partition coefficient (Wildman–Crippen LogP) is 7.71. The molecule has 0 N–H and O–H groups in total. The number of nitrogens with zero attached hydrogens (tertiary/aromatic N) is 3. The van der Waals surface area contributed by atoms with Gasteiger partial charge in [-0.3, -0.25) is 0 Å². The van der Waals surface area contributed by atoms with Crippen molar-refractivity contribution >= 4 is 27.9 Å². The average Bonchev–Trinajstić information content (AvgIpc) is 3.31. The summed E-state index contributed by atoms with van der Waals surface area (Å²) in [4.78, 5) is 7.39. The van der Waals surface area contributed by atoms with Gasteiger partial charge in [-0.05, 0) is 31.2 Å². The van der Waals surface area contributed by atoms with Crippen molar-refractivity contribution in [1.82, 2.24) is 9.55 Å². The van der Waals surface area contributed by atoms with E-state index in [9.17, 15) is 26.3 Å². The zero-order chi connectivity index (χ0) is 23.3. The number of aromatic nitrogens is 2. The molecule has 0 unspecified atom stereocenters. The molecule has 0 atom stereocenters. The lowest BCUT2D eigenvalue weighted by Crippen LogP contribution is -2.06. The van der Waals surface area contributed by atoms with Gasteiger partial charge >= 0.3 is 12.4 Å². The van der Waals surface area contributed by atoms with Crippen molar-refractivity contribution in [3.8, 4) is 10.6 Å². The first-order valence-corrected chi connectivity index (χ1v) is 10.1. The molecule has 0 saturated carbocycles. The van der Waals surface area contributed by atoms with Crippen molar-refractivity contribution in [3.05, 3.63) is 81.8 Å². The summed E-state index contributed by atoms with van der Waals surface area (Å²) >= 11 is 1.16. The Morgan fingerprint density at radius 2 is 1.78 bits per heavy atom. The summed E-state index contributed by atoms with van der Waals surface area (Å²) in [5.74, 6) is 0. The second-order valence-electron chi connectivity index (χ2n) is 7.10. The van der Waals surface area contributed by atoms with E-state index >= 15 is 0 Å². The van der Waals surface area contributed by atoms with Gasteiger partial charge < -0.3 is 4.57 Å². The van der Waals surface area contributed by atoms with Crippen molar-refractivity contribution in [2.75, 3.05) is 0 Å². The molecule has 0 fully saturated rings. The molecule has 32 heavy (non-hydrogen) atoms. The van der Waals surface area contributed by atoms with E-state index in [0.29, 0.717) is 27.5 Å². The molecule has 10 heteroatoms. The van der Waals surface area contributed by atoms with Gasteiger partial charge in [0.25, 0.3) is 0 Å². The van der Waals surface area contributed by atoms with E-state index < -0.39 is 29.2 Å². The molecule has 0 spiro atoms. The van der Waals surface area contributed by atoms with E-state index in [1.54, 1.807) is 16.9 Å². The molecule has 0 radical (unpaired) electrons. The van der Waals surface area contributed by atoms with Crippen molar-refractivity contribution in [1.29, 1.82) is 0 Å². The van der Waals surface area contributed by atoms with Crippen LogP contribution in [0.3, 0.4) is 0 Å². The minimum absolute atomic E-state index is 0.0724. The third-order valence-electron chi connectivity index (χ3n) is 4.98. The molecule has 164 valence electrons. The summed E-state index contributed by atoms with van der Waals surface area (Å²) in [5, 5.41) is 1.97. The predicted molar refractivity (Wildman–Crippen MR) is 110 cm³/mol. The molecule has 3 nitrogen and oxygen atoms in total. The first-order chi connectivity index (χ1) is 15.0. The van der Waals surface area contributed by atoms with Crippen LogP contribution in [-0.2, 0) is 18.9 Å². The summed E-state index contributed by atoms with van der Waals surface area (Å²) in [6.07, 6.45) is -9.16. The van der Waals surface area contributed by atoms with Crippen LogP contribution in [0.4, 0.5) is 32.0 Å². The first kappa shape index (κ1) is 21.9. The van der Waals surface area contributed by atoms with Crippen LogP contribution in [0.2, 0.25) is 0 Å². The maximum atomic E-state index is 13.6. The van der Waals surface area contributed by atoms with Crippen LogP contribution in [0, 0.1) is 13.5 Å². The quantitative estimate of drug-likeness (QED) is 0.224. The van der Waals surface area contributed by atoms with Gasteiger partial charge in [-0.25, -0.2) is 9.83 Å². The van der Waals surface area contributed by atoms with Gasteiger partial charge in [0.2, 0.25) is 0 Å². The van der Waals surface area contributed by atoms with Gasteiger partial charge in [-0.1, -0.05) is 18.2 Å². The Kier molecular flexibility index (Phi) is 5.25. The highest BCUT2D eigenvalue weighted by atomic mass is 32.1. The number of fused-ring (bicyclic) bond motifs is 1. The fraction of sp³-hybridized carbons (Fsp3) is 0.182. The lowest BCUT2D eigenvalue weighted by atomic mass is 10.1. The topological polar surface area (TPSA) is 22.2 Å². The van der Waals surface area contributed by atoms with Crippen LogP contribution in [0.15, 0.2) is 47.8 Å². The smallest absolute Gasteiger partial charge is 0.339 e. The Labute approximate surface area is 182 Å². The molecular weight excluding hydrogens is 452 g/mol. The van der Waals surface area contributed by atoms with E-state index in [0.717, 1.165) is 29.5 Å². The SMILES string of the molecule is [C-]#[N+]c1ccc2c(cc(C)n2Cc2csc(-c3cccc(C(F)(F)F)c3)n2)c1C(F)(F)F. The molecule has 2 aromatic carbocycles. The Morgan fingerprint density at radius 1 is 1.03 bits per heavy atom. The second kappa shape index (κ2) is 7.67. The molecule has 0 saturated heterocycles. The molecule has 4 aromatic rings. The third kappa shape index (κ3) is 3.96. The normalized spacial score (nSPS) is 12.3. The maximum Gasteiger partial charge on any atom is 0.416 e. The van der Waals surface area contributed by atoms with Crippen molar-refractivity contribution < 1.29 is 26.3 Å². The van der Waals surface area contributed by atoms with Crippen molar-refractivity contribution in [2.45, 2.75) is 25.8 Å². The number of halogens is 6. The average molecular weight is 465 g/mol. The highest BCUT2D eigenvalue weighted by Crippen LogP contribution is 2.42. The summed E-state index contributed by atoms with van der Waals surface area (Å²) in [7, 11) is 0. The Balaban J connectivity index is 1.73. The molecule has 2 heterocycles. The summed E-state index contributed by atoms with van der Waals surface area (Å²) in [5.41, 5.74) is -0.569. The summed E-state index contributed by atoms with van der Waals surface area (Å²) < 4.78 is 81.4. The number of rotatable bonds is 3. The summed E-state index contributed by atoms with van der Waals surface area (Å²) in [6, 6.07) is 8.80. The van der Waals surface area contributed by atoms with Gasteiger partial charge in [0.05, 0.1) is 29.9 Å². The second-order valence-corrected chi connectivity index (χ2v) is 7.95. The van der Waals surface area contributed by atoms with Crippen molar-refractivity contribution in [2.24, 2.45) is 0 Å².